The van der Waals surface area contributed by atoms with Crippen molar-refractivity contribution in [1.29, 1.82) is 0 Å². The van der Waals surface area contributed by atoms with E-state index in [2.05, 4.69) is 0 Å². The van der Waals surface area contributed by atoms with E-state index in [1.807, 2.05) is 43.3 Å². The summed E-state index contributed by atoms with van der Waals surface area (Å²) in [5, 5.41) is 0. The zero-order chi connectivity index (χ0) is 9.19. The molecule has 0 spiro atoms. The largest absolute Gasteiger partial charge is 0.371 e. The zero-order valence-electron chi connectivity index (χ0n) is 7.45. The van der Waals surface area contributed by atoms with Gasteiger partial charge in [0.2, 0.25) is 5.91 Å². The highest BCUT2D eigenvalue weighted by Gasteiger charge is 2.27. The van der Waals surface area contributed by atoms with Gasteiger partial charge in [-0.15, -0.1) is 0 Å². The highest BCUT2D eigenvalue weighted by atomic mass is 16.1. The second-order valence-electron chi connectivity index (χ2n) is 3.31. The molecule has 66 valence electrons. The quantitative estimate of drug-likeness (QED) is 0.654. The van der Waals surface area contributed by atoms with Crippen LogP contribution < -0.4 is 5.73 Å². The molecule has 0 aromatic rings. The molecule has 0 saturated heterocycles. The summed E-state index contributed by atoms with van der Waals surface area (Å²) in [6.07, 6.45) is 8.14. The van der Waals surface area contributed by atoms with Gasteiger partial charge in [-0.2, -0.15) is 0 Å². The van der Waals surface area contributed by atoms with Crippen molar-refractivity contribution in [3.8, 4) is 0 Å². The number of likely N-dealkylation sites (N-methyl/N-ethyl adjacent to an activating group) is 1. The fourth-order valence-corrected chi connectivity index (χ4v) is 1.27. The first kappa shape index (κ1) is 8.84. The number of nitrogens with two attached hydrogens (primary N) is 1. The van der Waals surface area contributed by atoms with E-state index in [4.69, 9.17) is 5.73 Å². The van der Waals surface area contributed by atoms with Crippen LogP contribution in [0.2, 0.25) is 0 Å². The SMILES string of the molecule is CN1C=CC=CC1(C)CC(N)=O. The van der Waals surface area contributed by atoms with Crippen LogP contribution in [0, 0.1) is 0 Å². The molecule has 12 heavy (non-hydrogen) atoms. The molecule has 0 aliphatic carbocycles. The Morgan fingerprint density at radius 1 is 1.58 bits per heavy atom. The highest BCUT2D eigenvalue weighted by Crippen LogP contribution is 2.22. The lowest BCUT2D eigenvalue weighted by atomic mass is 9.93. The van der Waals surface area contributed by atoms with E-state index >= 15 is 0 Å². The third-order valence-corrected chi connectivity index (χ3v) is 2.21. The molecular formula is C9H14N2O. The van der Waals surface area contributed by atoms with Gasteiger partial charge in [0.1, 0.15) is 0 Å². The number of hydrogen-bond donors (Lipinski definition) is 1. The molecule has 0 bridgehead atoms. The van der Waals surface area contributed by atoms with Crippen LogP contribution in [0.3, 0.4) is 0 Å². The molecule has 1 aliphatic rings. The van der Waals surface area contributed by atoms with Gasteiger partial charge >= 0.3 is 0 Å². The second kappa shape index (κ2) is 3.01. The molecule has 1 rings (SSSR count). The Morgan fingerprint density at radius 3 is 2.75 bits per heavy atom. The predicted octanol–water partition coefficient (Wildman–Crippen LogP) is 0.636. The number of carbonyl (C=O) groups is 1. The van der Waals surface area contributed by atoms with Crippen LogP contribution >= 0.6 is 0 Å². The Bertz CT molecular complexity index is 245. The highest BCUT2D eigenvalue weighted by molar-refractivity contribution is 5.75. The Kier molecular flexibility index (Phi) is 2.22. The van der Waals surface area contributed by atoms with Gasteiger partial charge in [0.15, 0.2) is 0 Å². The molecule has 1 heterocycles. The van der Waals surface area contributed by atoms with E-state index in [0.717, 1.165) is 0 Å². The first-order valence-electron chi connectivity index (χ1n) is 3.92. The summed E-state index contributed by atoms with van der Waals surface area (Å²) in [7, 11) is 1.93. The maximum atomic E-state index is 10.8. The van der Waals surface area contributed by atoms with Crippen LogP contribution in [-0.2, 0) is 4.79 Å². The van der Waals surface area contributed by atoms with Gasteiger partial charge in [0.25, 0.3) is 0 Å². The monoisotopic (exact) mass is 166 g/mol. The van der Waals surface area contributed by atoms with Gasteiger partial charge in [-0.25, -0.2) is 0 Å². The molecular weight excluding hydrogens is 152 g/mol. The molecule has 0 fully saturated rings. The molecule has 2 N–H and O–H groups in total. The lowest BCUT2D eigenvalue weighted by molar-refractivity contribution is -0.119. The van der Waals surface area contributed by atoms with Crippen molar-refractivity contribution >= 4 is 5.91 Å². The van der Waals surface area contributed by atoms with E-state index in [1.165, 1.54) is 0 Å². The normalized spacial score (nSPS) is 27.7. The Hall–Kier alpha value is -1.25. The number of carbonyl (C=O) groups excluding carboxylic acids is 1. The Morgan fingerprint density at radius 2 is 2.25 bits per heavy atom. The van der Waals surface area contributed by atoms with Gasteiger partial charge in [0.05, 0.1) is 12.0 Å². The van der Waals surface area contributed by atoms with Gasteiger partial charge in [-0.1, -0.05) is 12.2 Å². The summed E-state index contributed by atoms with van der Waals surface area (Å²) in [4.78, 5) is 12.7. The third-order valence-electron chi connectivity index (χ3n) is 2.21. The van der Waals surface area contributed by atoms with Gasteiger partial charge in [-0.05, 0) is 19.2 Å². The Balaban J connectivity index is 2.76. The molecule has 1 unspecified atom stereocenters. The van der Waals surface area contributed by atoms with E-state index in [9.17, 15) is 4.79 Å². The molecule has 0 aromatic heterocycles. The van der Waals surface area contributed by atoms with E-state index in [1.54, 1.807) is 0 Å². The fourth-order valence-electron chi connectivity index (χ4n) is 1.27. The topological polar surface area (TPSA) is 46.3 Å². The van der Waals surface area contributed by atoms with Crippen molar-refractivity contribution in [2.24, 2.45) is 5.73 Å². The number of hydrogen-bond acceptors (Lipinski definition) is 2. The maximum absolute atomic E-state index is 10.8. The van der Waals surface area contributed by atoms with Crippen LogP contribution in [0.5, 0.6) is 0 Å². The molecule has 1 aliphatic heterocycles. The Labute approximate surface area is 72.5 Å². The van der Waals surface area contributed by atoms with Crippen LogP contribution in [0.4, 0.5) is 0 Å². The molecule has 3 nitrogen and oxygen atoms in total. The van der Waals surface area contributed by atoms with Crippen molar-refractivity contribution < 1.29 is 4.79 Å². The summed E-state index contributed by atoms with van der Waals surface area (Å²) in [6, 6.07) is 0. The number of allylic oxidation sites excluding steroid dienone is 2. The summed E-state index contributed by atoms with van der Waals surface area (Å²) in [5.41, 5.74) is 4.90. The second-order valence-corrected chi connectivity index (χ2v) is 3.31. The van der Waals surface area contributed by atoms with Crippen molar-refractivity contribution in [1.82, 2.24) is 4.90 Å². The van der Waals surface area contributed by atoms with Crippen molar-refractivity contribution in [2.45, 2.75) is 18.9 Å². The molecule has 1 amide bonds. The van der Waals surface area contributed by atoms with Crippen LogP contribution in [0.15, 0.2) is 24.4 Å². The van der Waals surface area contributed by atoms with Gasteiger partial charge in [-0.3, -0.25) is 4.79 Å². The van der Waals surface area contributed by atoms with Crippen LogP contribution in [0.25, 0.3) is 0 Å². The van der Waals surface area contributed by atoms with E-state index < -0.39 is 0 Å². The zero-order valence-corrected chi connectivity index (χ0v) is 7.45. The predicted molar refractivity (Wildman–Crippen MR) is 48.3 cm³/mol. The van der Waals surface area contributed by atoms with Crippen molar-refractivity contribution in [3.63, 3.8) is 0 Å². The van der Waals surface area contributed by atoms with E-state index in [-0.39, 0.29) is 11.4 Å². The summed E-state index contributed by atoms with van der Waals surface area (Å²) in [5.74, 6) is -0.274. The fraction of sp³-hybridized carbons (Fsp3) is 0.444. The average molecular weight is 166 g/mol. The summed E-state index contributed by atoms with van der Waals surface area (Å²) >= 11 is 0. The van der Waals surface area contributed by atoms with Crippen LogP contribution in [0.1, 0.15) is 13.3 Å². The van der Waals surface area contributed by atoms with Crippen molar-refractivity contribution in [2.75, 3.05) is 7.05 Å². The van der Waals surface area contributed by atoms with Gasteiger partial charge in [0, 0.05) is 7.05 Å². The first-order valence-corrected chi connectivity index (χ1v) is 3.92. The minimum atomic E-state index is -0.274. The number of rotatable bonds is 2. The smallest absolute Gasteiger partial charge is 0.220 e. The molecule has 0 radical (unpaired) electrons. The first-order chi connectivity index (χ1) is 5.54. The molecule has 3 heteroatoms. The maximum Gasteiger partial charge on any atom is 0.220 e. The number of amides is 1. The summed E-state index contributed by atoms with van der Waals surface area (Å²) < 4.78 is 0. The standard InChI is InChI=1S/C9H14N2O/c1-9(7-8(10)12)5-3-4-6-11(9)2/h3-6H,7H2,1-2H3,(H2,10,12). The van der Waals surface area contributed by atoms with E-state index in [0.29, 0.717) is 6.42 Å². The minimum Gasteiger partial charge on any atom is -0.371 e. The average Bonchev–Trinajstić information content (AvgIpc) is 1.94. The number of nitrogens with zero attached hydrogens (tertiary/aromatic N) is 1. The molecule has 1 atom stereocenters. The minimum absolute atomic E-state index is 0.249. The van der Waals surface area contributed by atoms with Crippen LogP contribution in [-0.4, -0.2) is 23.4 Å². The van der Waals surface area contributed by atoms with Crippen molar-refractivity contribution in [3.05, 3.63) is 24.4 Å². The summed E-state index contributed by atoms with van der Waals surface area (Å²) in [6.45, 7) is 1.98. The lowest BCUT2D eigenvalue weighted by Crippen LogP contribution is -2.43. The lowest BCUT2D eigenvalue weighted by Gasteiger charge is -2.36. The third kappa shape index (κ3) is 1.67. The molecule has 0 saturated carbocycles. The van der Waals surface area contributed by atoms with Gasteiger partial charge < -0.3 is 10.6 Å². The number of primary amides is 1. The molecule has 0 aromatic carbocycles.